The second-order valence-corrected chi connectivity index (χ2v) is 4.25. The summed E-state index contributed by atoms with van der Waals surface area (Å²) >= 11 is 0. The maximum absolute atomic E-state index is 5.66. The van der Waals surface area contributed by atoms with Crippen LogP contribution in [0.2, 0.25) is 0 Å². The predicted octanol–water partition coefficient (Wildman–Crippen LogP) is 1.21. The molecule has 1 aliphatic rings. The lowest BCUT2D eigenvalue weighted by Crippen LogP contribution is -2.38. The average molecular weight is 210 g/mol. The summed E-state index contributed by atoms with van der Waals surface area (Å²) in [4.78, 5) is 3.92. The number of aromatic nitrogens is 3. The number of rotatable bonds is 3. The lowest BCUT2D eigenvalue weighted by Gasteiger charge is -2.35. The minimum Gasteiger partial charge on any atom is -0.376 e. The summed E-state index contributed by atoms with van der Waals surface area (Å²) in [6, 6.07) is 0. The van der Waals surface area contributed by atoms with E-state index in [9.17, 15) is 0 Å². The molecule has 1 aromatic rings. The summed E-state index contributed by atoms with van der Waals surface area (Å²) in [7, 11) is 1.78. The Hall–Kier alpha value is -1.10. The standard InChI is InChI=1S/C10H18N4O/c1-15-10(5-3-2-4-6-10)7-14-8-12-9(11)13-14/h8H,2-7H2,1H3,(H2,11,13). The fourth-order valence-electron chi connectivity index (χ4n) is 2.30. The van der Waals surface area contributed by atoms with Gasteiger partial charge in [-0.2, -0.15) is 0 Å². The minimum atomic E-state index is -0.0572. The van der Waals surface area contributed by atoms with Crippen molar-refractivity contribution in [2.24, 2.45) is 0 Å². The zero-order chi connectivity index (χ0) is 10.7. The van der Waals surface area contributed by atoms with E-state index in [4.69, 9.17) is 10.5 Å². The molecule has 0 aromatic carbocycles. The summed E-state index contributed by atoms with van der Waals surface area (Å²) in [5, 5.41) is 4.10. The third-order valence-corrected chi connectivity index (χ3v) is 3.20. The first-order valence-electron chi connectivity index (χ1n) is 5.44. The van der Waals surface area contributed by atoms with Gasteiger partial charge in [-0.3, -0.25) is 0 Å². The maximum Gasteiger partial charge on any atom is 0.239 e. The highest BCUT2D eigenvalue weighted by Gasteiger charge is 2.32. The van der Waals surface area contributed by atoms with Gasteiger partial charge in [0.25, 0.3) is 0 Å². The number of ether oxygens (including phenoxy) is 1. The van der Waals surface area contributed by atoms with Crippen LogP contribution < -0.4 is 5.73 Å². The molecule has 0 aliphatic heterocycles. The van der Waals surface area contributed by atoms with Crippen molar-refractivity contribution in [3.05, 3.63) is 6.33 Å². The van der Waals surface area contributed by atoms with Crippen LogP contribution in [-0.2, 0) is 11.3 Å². The molecule has 1 fully saturated rings. The van der Waals surface area contributed by atoms with Crippen molar-refractivity contribution in [1.29, 1.82) is 0 Å². The molecule has 0 saturated heterocycles. The first kappa shape index (κ1) is 10.4. The average Bonchev–Trinajstić information content (AvgIpc) is 2.65. The third-order valence-electron chi connectivity index (χ3n) is 3.20. The molecule has 0 radical (unpaired) electrons. The fourth-order valence-corrected chi connectivity index (χ4v) is 2.30. The summed E-state index contributed by atoms with van der Waals surface area (Å²) in [6.07, 6.45) is 7.65. The Bertz CT molecular complexity index is 317. The van der Waals surface area contributed by atoms with Gasteiger partial charge in [-0.05, 0) is 12.8 Å². The van der Waals surface area contributed by atoms with Crippen LogP contribution in [0.4, 0.5) is 5.95 Å². The molecule has 5 heteroatoms. The number of nitrogens with two attached hydrogens (primary N) is 1. The van der Waals surface area contributed by atoms with Gasteiger partial charge in [-0.25, -0.2) is 9.67 Å². The lowest BCUT2D eigenvalue weighted by atomic mass is 9.84. The van der Waals surface area contributed by atoms with Gasteiger partial charge in [-0.15, -0.1) is 5.10 Å². The van der Waals surface area contributed by atoms with Gasteiger partial charge in [0.2, 0.25) is 5.95 Å². The minimum absolute atomic E-state index is 0.0572. The monoisotopic (exact) mass is 210 g/mol. The van der Waals surface area contributed by atoms with Crippen molar-refractivity contribution in [2.75, 3.05) is 12.8 Å². The number of hydrogen-bond donors (Lipinski definition) is 1. The number of hydrogen-bond acceptors (Lipinski definition) is 4. The Labute approximate surface area is 89.6 Å². The molecule has 84 valence electrons. The number of nitrogens with zero attached hydrogens (tertiary/aromatic N) is 3. The van der Waals surface area contributed by atoms with Crippen LogP contribution in [0.15, 0.2) is 6.33 Å². The van der Waals surface area contributed by atoms with E-state index < -0.39 is 0 Å². The lowest BCUT2D eigenvalue weighted by molar-refractivity contribution is -0.0540. The van der Waals surface area contributed by atoms with Gasteiger partial charge < -0.3 is 10.5 Å². The van der Waals surface area contributed by atoms with Gasteiger partial charge in [-0.1, -0.05) is 19.3 Å². The van der Waals surface area contributed by atoms with Crippen LogP contribution in [0, 0.1) is 0 Å². The highest BCUT2D eigenvalue weighted by Crippen LogP contribution is 2.32. The van der Waals surface area contributed by atoms with Crippen LogP contribution >= 0.6 is 0 Å². The first-order chi connectivity index (χ1) is 7.24. The van der Waals surface area contributed by atoms with E-state index in [0.29, 0.717) is 5.95 Å². The summed E-state index contributed by atoms with van der Waals surface area (Å²) in [6.45, 7) is 0.758. The molecule has 0 atom stereocenters. The van der Waals surface area contributed by atoms with E-state index in [1.165, 1.54) is 19.3 Å². The highest BCUT2D eigenvalue weighted by molar-refractivity contribution is 5.09. The molecule has 15 heavy (non-hydrogen) atoms. The SMILES string of the molecule is COC1(Cn2cnc(N)n2)CCCCC1. The molecule has 1 saturated carbocycles. The molecule has 0 bridgehead atoms. The normalized spacial score (nSPS) is 20.3. The molecule has 5 nitrogen and oxygen atoms in total. The highest BCUT2D eigenvalue weighted by atomic mass is 16.5. The van der Waals surface area contributed by atoms with Gasteiger partial charge in [0.05, 0.1) is 12.1 Å². The van der Waals surface area contributed by atoms with E-state index in [1.807, 2.05) is 0 Å². The van der Waals surface area contributed by atoms with Gasteiger partial charge in [0.1, 0.15) is 6.33 Å². The zero-order valence-electron chi connectivity index (χ0n) is 9.15. The second-order valence-electron chi connectivity index (χ2n) is 4.25. The molecule has 0 amide bonds. The number of nitrogen functional groups attached to an aromatic ring is 1. The molecule has 0 spiro atoms. The quantitative estimate of drug-likeness (QED) is 0.814. The van der Waals surface area contributed by atoms with Crippen molar-refractivity contribution in [3.8, 4) is 0 Å². The first-order valence-corrected chi connectivity index (χ1v) is 5.44. The van der Waals surface area contributed by atoms with Crippen LogP contribution in [-0.4, -0.2) is 27.5 Å². The third kappa shape index (κ3) is 2.28. The summed E-state index contributed by atoms with van der Waals surface area (Å²) in [5.41, 5.74) is 5.43. The molecule has 2 rings (SSSR count). The van der Waals surface area contributed by atoms with Crippen molar-refractivity contribution in [1.82, 2.24) is 14.8 Å². The molecule has 1 aliphatic carbocycles. The summed E-state index contributed by atoms with van der Waals surface area (Å²) < 4.78 is 7.44. The van der Waals surface area contributed by atoms with E-state index in [0.717, 1.165) is 19.4 Å². The Kier molecular flexibility index (Phi) is 2.90. The Balaban J connectivity index is 2.06. The van der Waals surface area contributed by atoms with Crippen molar-refractivity contribution >= 4 is 5.95 Å². The fraction of sp³-hybridized carbons (Fsp3) is 0.800. The van der Waals surface area contributed by atoms with Gasteiger partial charge >= 0.3 is 0 Å². The largest absolute Gasteiger partial charge is 0.376 e. The molecular weight excluding hydrogens is 192 g/mol. The number of anilines is 1. The Morgan fingerprint density at radius 1 is 1.47 bits per heavy atom. The topological polar surface area (TPSA) is 66.0 Å². The van der Waals surface area contributed by atoms with E-state index >= 15 is 0 Å². The zero-order valence-corrected chi connectivity index (χ0v) is 9.15. The van der Waals surface area contributed by atoms with Crippen LogP contribution in [0.3, 0.4) is 0 Å². The van der Waals surface area contributed by atoms with Crippen LogP contribution in [0.25, 0.3) is 0 Å². The van der Waals surface area contributed by atoms with E-state index in [2.05, 4.69) is 10.1 Å². The van der Waals surface area contributed by atoms with Gasteiger partial charge in [0, 0.05) is 7.11 Å². The van der Waals surface area contributed by atoms with Crippen LogP contribution in [0.1, 0.15) is 32.1 Å². The van der Waals surface area contributed by atoms with Gasteiger partial charge in [0.15, 0.2) is 0 Å². The molecule has 1 aromatic heterocycles. The smallest absolute Gasteiger partial charge is 0.239 e. The predicted molar refractivity (Wildman–Crippen MR) is 57.3 cm³/mol. The molecule has 0 unspecified atom stereocenters. The summed E-state index contributed by atoms with van der Waals surface area (Å²) in [5.74, 6) is 0.331. The van der Waals surface area contributed by atoms with E-state index in [1.54, 1.807) is 18.1 Å². The van der Waals surface area contributed by atoms with Crippen molar-refractivity contribution in [2.45, 2.75) is 44.2 Å². The van der Waals surface area contributed by atoms with Crippen molar-refractivity contribution in [3.63, 3.8) is 0 Å². The van der Waals surface area contributed by atoms with E-state index in [-0.39, 0.29) is 5.60 Å². The molecule has 2 N–H and O–H groups in total. The van der Waals surface area contributed by atoms with Crippen LogP contribution in [0.5, 0.6) is 0 Å². The number of methoxy groups -OCH3 is 1. The Morgan fingerprint density at radius 2 is 2.20 bits per heavy atom. The van der Waals surface area contributed by atoms with Crippen molar-refractivity contribution < 1.29 is 4.74 Å². The molecule has 1 heterocycles. The maximum atomic E-state index is 5.66. The second kappa shape index (κ2) is 4.18. The Morgan fingerprint density at radius 3 is 2.73 bits per heavy atom. The molecular formula is C10H18N4O.